The van der Waals surface area contributed by atoms with Crippen molar-refractivity contribution in [3.8, 4) is 0 Å². The summed E-state index contributed by atoms with van der Waals surface area (Å²) >= 11 is 0. The second kappa shape index (κ2) is 61.0. The van der Waals surface area contributed by atoms with E-state index < -0.39 is 42.3 Å². The van der Waals surface area contributed by atoms with Crippen LogP contribution in [0.5, 0.6) is 0 Å². The van der Waals surface area contributed by atoms with Crippen LogP contribution in [0, 0.1) is 5.92 Å². The molecule has 0 radical (unpaired) electrons. The third-order valence-electron chi connectivity index (χ3n) is 12.7. The summed E-state index contributed by atoms with van der Waals surface area (Å²) in [5, 5.41) is 34.3. The van der Waals surface area contributed by atoms with Gasteiger partial charge in [-0.05, 0) is 77.0 Å². The average molecular weight is 1250 g/mol. The van der Waals surface area contributed by atoms with Crippen molar-refractivity contribution >= 4 is 53.2 Å². The molecule has 0 saturated carbocycles. The lowest BCUT2D eigenvalue weighted by molar-refractivity contribution is -0.130. The van der Waals surface area contributed by atoms with Crippen molar-refractivity contribution in [2.24, 2.45) is 5.92 Å². The minimum atomic E-state index is -0.919. The average Bonchev–Trinajstić information content (AvgIpc) is 3.63. The topological polar surface area (TPSA) is 374 Å². The molecule has 29 heteroatoms. The summed E-state index contributed by atoms with van der Waals surface area (Å²) in [6.07, 6.45) is 8.73. The molecule has 0 fully saturated rings. The monoisotopic (exact) mass is 1250 g/mol. The molecular weight excluding hydrogens is 1140 g/mol. The Morgan fingerprint density at radius 1 is 0.322 bits per heavy atom. The van der Waals surface area contributed by atoms with E-state index in [1.807, 2.05) is 0 Å². The molecule has 0 aliphatic carbocycles. The van der Waals surface area contributed by atoms with Gasteiger partial charge < -0.3 is 100 Å². The van der Waals surface area contributed by atoms with Crippen LogP contribution in [0.4, 0.5) is 0 Å². The van der Waals surface area contributed by atoms with E-state index in [9.17, 15) is 48.3 Å². The molecule has 0 heterocycles. The van der Waals surface area contributed by atoms with Gasteiger partial charge in [0.1, 0.15) is 19.8 Å². The summed E-state index contributed by atoms with van der Waals surface area (Å²) in [7, 11) is 6.46. The Morgan fingerprint density at radius 3 is 1.15 bits per heavy atom. The van der Waals surface area contributed by atoms with Crippen molar-refractivity contribution in [3.63, 3.8) is 0 Å². The molecule has 506 valence electrons. The van der Waals surface area contributed by atoms with Gasteiger partial charge in [0.25, 0.3) is 0 Å². The number of unbranched alkanes of at least 4 members (excludes halogenated alkanes) is 6. The smallest absolute Gasteiger partial charge is 0.246 e. The number of hydrogen-bond donors (Lipinski definition) is 10. The zero-order valence-electron chi connectivity index (χ0n) is 52.6. The van der Waals surface area contributed by atoms with Gasteiger partial charge in [0.05, 0.1) is 72.6 Å². The van der Waals surface area contributed by atoms with Crippen LogP contribution in [0.25, 0.3) is 0 Å². The number of carbonyl (C=O) groups excluding carboxylic acids is 9. The Labute approximate surface area is 515 Å². The number of amides is 9. The SMILES string of the molecule is COCCCCCNC(=O)COCCOCCNC(=O)CCC(CC(=O)NCCCCC(CO)COC)NC(=O)CC(CCC(=O)NCCOCCOCC(=O)NCCCCCOC)NC(=O)CNC(=O)COCCOCCNC(=O)CCCCOC. The Bertz CT molecular complexity index is 1790. The summed E-state index contributed by atoms with van der Waals surface area (Å²) in [6, 6.07) is -1.74. The normalized spacial score (nSPS) is 12.1. The third kappa shape index (κ3) is 57.0. The maximum atomic E-state index is 13.8. The number of hydrogen-bond acceptors (Lipinski definition) is 20. The minimum absolute atomic E-state index is 0.00132. The predicted molar refractivity (Wildman–Crippen MR) is 321 cm³/mol. The standard InChI is InChI=1S/C58H109N9O20/c1-78-27-12-5-9-21-60-56(75)44-85-36-33-83-31-25-63-51(70)19-17-48(39-53(72)59-23-11-7-15-47(42-68)43-81-4)66-54(73)40-49(18-20-52(71)64-26-32-84-34-37-86-45-57(76)61-22-10-6-13-28-79-2)67-55(74)41-65-58(77)46-87-38-35-82-30-24-62-50(69)16-8-14-29-80-3/h47-49,68H,5-46H2,1-4H3,(H,59,72)(H,60,75)(H,61,76)(H,62,69)(H,63,70)(H,64,71)(H,65,77)(H,66,73)(H,67,74). The first-order chi connectivity index (χ1) is 42.3. The lowest BCUT2D eigenvalue weighted by Crippen LogP contribution is -2.46. The third-order valence-corrected chi connectivity index (χ3v) is 12.7. The van der Waals surface area contributed by atoms with Gasteiger partial charge in [-0.15, -0.1) is 0 Å². The van der Waals surface area contributed by atoms with E-state index in [2.05, 4.69) is 47.9 Å². The zero-order valence-corrected chi connectivity index (χ0v) is 52.6. The Hall–Kier alpha value is -5.21. The van der Waals surface area contributed by atoms with Crippen LogP contribution in [0.15, 0.2) is 0 Å². The molecule has 9 amide bonds. The number of aliphatic hydroxyl groups excluding tert-OH is 1. The molecule has 29 nitrogen and oxygen atoms in total. The summed E-state index contributed by atoms with van der Waals surface area (Å²) in [5.41, 5.74) is 0. The van der Waals surface area contributed by atoms with Crippen molar-refractivity contribution in [1.29, 1.82) is 0 Å². The van der Waals surface area contributed by atoms with Crippen LogP contribution in [-0.2, 0) is 90.5 Å². The van der Waals surface area contributed by atoms with E-state index in [0.717, 1.165) is 51.4 Å². The van der Waals surface area contributed by atoms with Gasteiger partial charge in [0.2, 0.25) is 53.2 Å². The fourth-order valence-electron chi connectivity index (χ4n) is 8.02. The maximum Gasteiger partial charge on any atom is 0.246 e. The van der Waals surface area contributed by atoms with E-state index in [1.165, 1.54) is 0 Å². The summed E-state index contributed by atoms with van der Waals surface area (Å²) in [6.45, 7) is 4.84. The second-order valence-electron chi connectivity index (χ2n) is 20.4. The maximum absolute atomic E-state index is 13.8. The molecule has 10 N–H and O–H groups in total. The second-order valence-corrected chi connectivity index (χ2v) is 20.4. The zero-order chi connectivity index (χ0) is 64.1. The van der Waals surface area contributed by atoms with Crippen LogP contribution in [0.3, 0.4) is 0 Å². The highest BCUT2D eigenvalue weighted by Crippen LogP contribution is 2.10. The molecule has 0 spiro atoms. The lowest BCUT2D eigenvalue weighted by Gasteiger charge is -2.22. The Balaban J connectivity index is 5.48. The fraction of sp³-hybridized carbons (Fsp3) is 0.845. The van der Waals surface area contributed by atoms with Crippen LogP contribution < -0.4 is 47.9 Å². The van der Waals surface area contributed by atoms with Gasteiger partial charge in [-0.3, -0.25) is 43.2 Å². The highest BCUT2D eigenvalue weighted by atomic mass is 16.5. The molecule has 0 aromatic carbocycles. The fourth-order valence-corrected chi connectivity index (χ4v) is 8.02. The lowest BCUT2D eigenvalue weighted by atomic mass is 10.0. The summed E-state index contributed by atoms with van der Waals surface area (Å²) in [5.74, 6) is -3.53. The predicted octanol–water partition coefficient (Wildman–Crippen LogP) is -0.915. The van der Waals surface area contributed by atoms with Crippen LogP contribution in [0.1, 0.15) is 116 Å². The molecule has 0 bridgehead atoms. The van der Waals surface area contributed by atoms with E-state index >= 15 is 0 Å². The molecule has 3 unspecified atom stereocenters. The highest BCUT2D eigenvalue weighted by Gasteiger charge is 2.23. The van der Waals surface area contributed by atoms with Crippen LogP contribution in [-0.4, -0.2) is 257 Å². The number of methoxy groups -OCH3 is 4. The quantitative estimate of drug-likeness (QED) is 0.0329. The van der Waals surface area contributed by atoms with Gasteiger partial charge in [0.15, 0.2) is 0 Å². The van der Waals surface area contributed by atoms with Gasteiger partial charge in [-0.25, -0.2) is 0 Å². The van der Waals surface area contributed by atoms with Crippen molar-refractivity contribution in [2.45, 2.75) is 128 Å². The van der Waals surface area contributed by atoms with Crippen molar-refractivity contribution in [2.75, 3.05) is 187 Å². The molecule has 0 rings (SSSR count). The molecule has 87 heavy (non-hydrogen) atoms. The number of nitrogens with one attached hydrogen (secondary N) is 9. The summed E-state index contributed by atoms with van der Waals surface area (Å²) < 4.78 is 52.8. The molecule has 0 aromatic rings. The first-order valence-corrected chi connectivity index (χ1v) is 30.7. The molecule has 0 aliphatic heterocycles. The minimum Gasteiger partial charge on any atom is -0.396 e. The van der Waals surface area contributed by atoms with E-state index in [1.54, 1.807) is 28.4 Å². The number of aliphatic hydroxyl groups is 1. The molecule has 3 atom stereocenters. The molecular formula is C58H109N9O20. The van der Waals surface area contributed by atoms with Crippen molar-refractivity contribution in [1.82, 2.24) is 47.9 Å². The summed E-state index contributed by atoms with van der Waals surface area (Å²) in [4.78, 5) is 115. The van der Waals surface area contributed by atoms with E-state index in [4.69, 9.17) is 47.4 Å². The first-order valence-electron chi connectivity index (χ1n) is 30.7. The number of rotatable bonds is 63. The Kier molecular flexibility index (Phi) is 57.4. The van der Waals surface area contributed by atoms with Gasteiger partial charge >= 0.3 is 0 Å². The van der Waals surface area contributed by atoms with Crippen LogP contribution >= 0.6 is 0 Å². The van der Waals surface area contributed by atoms with Crippen LogP contribution in [0.2, 0.25) is 0 Å². The van der Waals surface area contributed by atoms with Gasteiger partial charge in [0, 0.05) is 144 Å². The molecule has 0 aliphatic rings. The van der Waals surface area contributed by atoms with Gasteiger partial charge in [-0.1, -0.05) is 6.42 Å². The molecule has 0 aromatic heterocycles. The Morgan fingerprint density at radius 2 is 0.701 bits per heavy atom. The first kappa shape index (κ1) is 81.8. The highest BCUT2D eigenvalue weighted by molar-refractivity contribution is 5.86. The largest absolute Gasteiger partial charge is 0.396 e. The number of carbonyl (C=O) groups is 9. The van der Waals surface area contributed by atoms with E-state index in [-0.39, 0.29) is 173 Å². The van der Waals surface area contributed by atoms with Crippen molar-refractivity contribution in [3.05, 3.63) is 0 Å². The van der Waals surface area contributed by atoms with Gasteiger partial charge in [-0.2, -0.15) is 0 Å². The number of ether oxygens (including phenoxy) is 10. The molecule has 0 saturated heterocycles. The van der Waals surface area contributed by atoms with E-state index in [0.29, 0.717) is 78.3 Å². The van der Waals surface area contributed by atoms with Crippen molar-refractivity contribution < 1.29 is 95.6 Å².